The molecule has 1 heterocycles. The van der Waals surface area contributed by atoms with Crippen LogP contribution in [0.15, 0.2) is 28.7 Å². The smallest absolute Gasteiger partial charge is 0.134 e. The second-order valence-electron chi connectivity index (χ2n) is 4.27. The van der Waals surface area contributed by atoms with Crippen LogP contribution >= 0.6 is 0 Å². The van der Waals surface area contributed by atoms with Crippen LogP contribution in [0.25, 0.3) is 11.0 Å². The molecule has 0 aliphatic heterocycles. The van der Waals surface area contributed by atoms with Crippen LogP contribution < -0.4 is 5.73 Å². The van der Waals surface area contributed by atoms with Crippen LogP contribution in [0, 0.1) is 6.92 Å². The molecule has 2 N–H and O–H groups in total. The summed E-state index contributed by atoms with van der Waals surface area (Å²) in [6.45, 7) is 5.96. The van der Waals surface area contributed by atoms with E-state index in [9.17, 15) is 0 Å². The number of furan rings is 1. The van der Waals surface area contributed by atoms with Crippen molar-refractivity contribution in [2.75, 3.05) is 0 Å². The molecule has 0 amide bonds. The number of para-hydroxylation sites is 1. The topological polar surface area (TPSA) is 39.2 Å². The van der Waals surface area contributed by atoms with Crippen molar-refractivity contribution in [1.82, 2.24) is 0 Å². The molecule has 2 heteroatoms. The van der Waals surface area contributed by atoms with E-state index in [1.807, 2.05) is 32.0 Å². The van der Waals surface area contributed by atoms with Gasteiger partial charge in [0, 0.05) is 10.9 Å². The molecule has 1 aromatic carbocycles. The Labute approximate surface area is 83.7 Å². The van der Waals surface area contributed by atoms with Crippen molar-refractivity contribution in [1.29, 1.82) is 0 Å². The Hall–Kier alpha value is -1.28. The van der Waals surface area contributed by atoms with E-state index in [1.165, 1.54) is 0 Å². The lowest BCUT2D eigenvalue weighted by Gasteiger charge is -2.15. The zero-order valence-corrected chi connectivity index (χ0v) is 8.79. The summed E-state index contributed by atoms with van der Waals surface area (Å²) in [4.78, 5) is 0. The largest absolute Gasteiger partial charge is 0.459 e. The number of hydrogen-bond donors (Lipinski definition) is 1. The summed E-state index contributed by atoms with van der Waals surface area (Å²) in [5.74, 6) is 0.874. The highest BCUT2D eigenvalue weighted by Crippen LogP contribution is 2.30. The third-order valence-corrected chi connectivity index (χ3v) is 2.43. The highest BCUT2D eigenvalue weighted by Gasteiger charge is 2.22. The maximum Gasteiger partial charge on any atom is 0.134 e. The Bertz CT molecular complexity index is 463. The summed E-state index contributed by atoms with van der Waals surface area (Å²) < 4.78 is 5.74. The van der Waals surface area contributed by atoms with Gasteiger partial charge in [0.25, 0.3) is 0 Å². The molecule has 0 atom stereocenters. The van der Waals surface area contributed by atoms with Gasteiger partial charge in [-0.05, 0) is 26.8 Å². The molecule has 0 bridgehead atoms. The Morgan fingerprint density at radius 3 is 2.43 bits per heavy atom. The van der Waals surface area contributed by atoms with Gasteiger partial charge in [-0.1, -0.05) is 18.2 Å². The SMILES string of the molecule is Cc1c(C(C)(C)N)oc2ccccc12. The molecule has 0 saturated heterocycles. The molecule has 2 aromatic rings. The van der Waals surface area contributed by atoms with Crippen LogP contribution in [-0.4, -0.2) is 0 Å². The van der Waals surface area contributed by atoms with Gasteiger partial charge in [-0.25, -0.2) is 0 Å². The van der Waals surface area contributed by atoms with Gasteiger partial charge < -0.3 is 10.2 Å². The summed E-state index contributed by atoms with van der Waals surface area (Å²) in [5, 5.41) is 1.15. The summed E-state index contributed by atoms with van der Waals surface area (Å²) in [6.07, 6.45) is 0. The molecule has 14 heavy (non-hydrogen) atoms. The molecule has 0 saturated carbocycles. The Morgan fingerprint density at radius 2 is 1.86 bits per heavy atom. The van der Waals surface area contributed by atoms with Crippen molar-refractivity contribution in [2.45, 2.75) is 26.3 Å². The molecule has 2 rings (SSSR count). The normalized spacial score (nSPS) is 12.3. The minimum Gasteiger partial charge on any atom is -0.459 e. The summed E-state index contributed by atoms with van der Waals surface area (Å²) >= 11 is 0. The second kappa shape index (κ2) is 2.85. The number of benzene rings is 1. The molecule has 0 fully saturated rings. The summed E-state index contributed by atoms with van der Waals surface area (Å²) in [5.41, 5.74) is 7.68. The van der Waals surface area contributed by atoms with Gasteiger partial charge in [-0.2, -0.15) is 0 Å². The Kier molecular flexibility index (Phi) is 1.89. The average Bonchev–Trinajstić information content (AvgIpc) is 2.44. The first kappa shape index (κ1) is 9.28. The quantitative estimate of drug-likeness (QED) is 0.749. The van der Waals surface area contributed by atoms with Gasteiger partial charge >= 0.3 is 0 Å². The standard InChI is InChI=1S/C12H15NO/c1-8-9-6-4-5-7-10(9)14-11(8)12(2,3)13/h4-7H,13H2,1-3H3. The molecular weight excluding hydrogens is 174 g/mol. The van der Waals surface area contributed by atoms with E-state index in [1.54, 1.807) is 0 Å². The van der Waals surface area contributed by atoms with Crippen molar-refractivity contribution in [3.63, 3.8) is 0 Å². The van der Waals surface area contributed by atoms with E-state index < -0.39 is 5.54 Å². The first-order chi connectivity index (χ1) is 6.50. The van der Waals surface area contributed by atoms with Crippen molar-refractivity contribution >= 4 is 11.0 Å². The van der Waals surface area contributed by atoms with Crippen molar-refractivity contribution < 1.29 is 4.42 Å². The Balaban J connectivity index is 2.75. The zero-order valence-electron chi connectivity index (χ0n) is 8.79. The lowest BCUT2D eigenvalue weighted by Crippen LogP contribution is -2.28. The third kappa shape index (κ3) is 1.32. The molecule has 0 radical (unpaired) electrons. The molecular formula is C12H15NO. The molecule has 1 aromatic heterocycles. The van der Waals surface area contributed by atoms with Gasteiger partial charge in [-0.15, -0.1) is 0 Å². The molecule has 0 spiro atoms. The van der Waals surface area contributed by atoms with Crippen LogP contribution in [-0.2, 0) is 5.54 Å². The van der Waals surface area contributed by atoms with Gasteiger partial charge in [0.2, 0.25) is 0 Å². The van der Waals surface area contributed by atoms with E-state index in [0.29, 0.717) is 0 Å². The fourth-order valence-electron chi connectivity index (χ4n) is 1.79. The predicted octanol–water partition coefficient (Wildman–Crippen LogP) is 2.94. The second-order valence-corrected chi connectivity index (χ2v) is 4.27. The molecule has 2 nitrogen and oxygen atoms in total. The predicted molar refractivity (Wildman–Crippen MR) is 58.2 cm³/mol. The van der Waals surface area contributed by atoms with Crippen molar-refractivity contribution in [3.8, 4) is 0 Å². The third-order valence-electron chi connectivity index (χ3n) is 2.43. The minimum atomic E-state index is -0.414. The lowest BCUT2D eigenvalue weighted by molar-refractivity contribution is 0.410. The molecule has 0 aliphatic rings. The van der Waals surface area contributed by atoms with Crippen LogP contribution in [0.2, 0.25) is 0 Å². The fourth-order valence-corrected chi connectivity index (χ4v) is 1.79. The first-order valence-electron chi connectivity index (χ1n) is 4.77. The van der Waals surface area contributed by atoms with E-state index in [4.69, 9.17) is 10.2 Å². The zero-order chi connectivity index (χ0) is 10.3. The average molecular weight is 189 g/mol. The Morgan fingerprint density at radius 1 is 1.21 bits per heavy atom. The number of rotatable bonds is 1. The number of fused-ring (bicyclic) bond motifs is 1. The van der Waals surface area contributed by atoms with Crippen LogP contribution in [0.3, 0.4) is 0 Å². The number of nitrogens with two attached hydrogens (primary N) is 1. The first-order valence-corrected chi connectivity index (χ1v) is 4.77. The molecule has 0 aliphatic carbocycles. The maximum absolute atomic E-state index is 6.03. The van der Waals surface area contributed by atoms with Crippen molar-refractivity contribution in [3.05, 3.63) is 35.6 Å². The minimum absolute atomic E-state index is 0.414. The van der Waals surface area contributed by atoms with Crippen LogP contribution in [0.5, 0.6) is 0 Å². The van der Waals surface area contributed by atoms with E-state index in [0.717, 1.165) is 22.3 Å². The monoisotopic (exact) mass is 189 g/mol. The highest BCUT2D eigenvalue weighted by molar-refractivity contribution is 5.82. The van der Waals surface area contributed by atoms with Crippen LogP contribution in [0.1, 0.15) is 25.2 Å². The van der Waals surface area contributed by atoms with Crippen LogP contribution in [0.4, 0.5) is 0 Å². The fraction of sp³-hybridized carbons (Fsp3) is 0.333. The summed E-state index contributed by atoms with van der Waals surface area (Å²) in [7, 11) is 0. The van der Waals surface area contributed by atoms with Gasteiger partial charge in [0.05, 0.1) is 5.54 Å². The van der Waals surface area contributed by atoms with Gasteiger partial charge in [0.15, 0.2) is 0 Å². The summed E-state index contributed by atoms with van der Waals surface area (Å²) in [6, 6.07) is 8.01. The maximum atomic E-state index is 6.03. The van der Waals surface area contributed by atoms with Gasteiger partial charge in [-0.3, -0.25) is 0 Å². The number of hydrogen-bond acceptors (Lipinski definition) is 2. The van der Waals surface area contributed by atoms with E-state index >= 15 is 0 Å². The lowest BCUT2D eigenvalue weighted by atomic mass is 9.99. The van der Waals surface area contributed by atoms with E-state index in [2.05, 4.69) is 13.0 Å². The van der Waals surface area contributed by atoms with E-state index in [-0.39, 0.29) is 0 Å². The molecule has 74 valence electrons. The molecule has 0 unspecified atom stereocenters. The van der Waals surface area contributed by atoms with Crippen molar-refractivity contribution in [2.24, 2.45) is 5.73 Å². The number of aryl methyl sites for hydroxylation is 1. The van der Waals surface area contributed by atoms with Gasteiger partial charge in [0.1, 0.15) is 11.3 Å². The highest BCUT2D eigenvalue weighted by atomic mass is 16.3.